The maximum Gasteiger partial charge on any atom is 0.421 e. The molecule has 1 saturated heterocycles. The van der Waals surface area contributed by atoms with Crippen LogP contribution in [0.1, 0.15) is 0 Å². The van der Waals surface area contributed by atoms with Gasteiger partial charge in [0.05, 0.1) is 0 Å². The Labute approximate surface area is 112 Å². The van der Waals surface area contributed by atoms with Crippen molar-refractivity contribution in [3.63, 3.8) is 0 Å². The van der Waals surface area contributed by atoms with E-state index in [1.165, 1.54) is 0 Å². The van der Waals surface area contributed by atoms with E-state index in [0.717, 1.165) is 0 Å². The van der Waals surface area contributed by atoms with Crippen molar-refractivity contribution in [3.05, 3.63) is 12.2 Å². The highest BCUT2D eigenvalue weighted by atomic mass is 32.2. The molecule has 1 rings (SSSR count). The maximum absolute atomic E-state index is 12.1. The molecule has 0 radical (unpaired) electrons. The smallest absolute Gasteiger partial charge is 0.421 e. The van der Waals surface area contributed by atoms with Crippen LogP contribution in [0.15, 0.2) is 12.2 Å². The first-order valence-corrected chi connectivity index (χ1v) is 6.87. The molecule has 114 valence electrons. The molecule has 0 aromatic heterocycles. The van der Waals surface area contributed by atoms with Crippen molar-refractivity contribution in [3.8, 4) is 0 Å². The SMILES string of the molecule is C=C(C(=O)NCC(=O)OC1CNS(=O)(=O)C1)C(F)(F)F. The average molecular weight is 316 g/mol. The second-order valence-electron chi connectivity index (χ2n) is 3.90. The summed E-state index contributed by atoms with van der Waals surface area (Å²) < 4.78 is 65.0. The van der Waals surface area contributed by atoms with Gasteiger partial charge in [-0.3, -0.25) is 9.59 Å². The van der Waals surface area contributed by atoms with Crippen molar-refractivity contribution in [2.24, 2.45) is 0 Å². The highest BCUT2D eigenvalue weighted by molar-refractivity contribution is 7.89. The standard InChI is InChI=1S/C9H11F3N2O5S/c1-5(9(10,11)12)8(16)13-3-7(15)19-6-2-14-20(17,18)4-6/h6,14H,1-4H2,(H,13,16). The highest BCUT2D eigenvalue weighted by Gasteiger charge is 2.37. The molecule has 0 aliphatic carbocycles. The topological polar surface area (TPSA) is 102 Å². The van der Waals surface area contributed by atoms with Gasteiger partial charge in [-0.05, 0) is 0 Å². The van der Waals surface area contributed by atoms with Crippen LogP contribution >= 0.6 is 0 Å². The van der Waals surface area contributed by atoms with E-state index < -0.39 is 52.1 Å². The lowest BCUT2D eigenvalue weighted by atomic mass is 10.3. The van der Waals surface area contributed by atoms with Gasteiger partial charge >= 0.3 is 12.1 Å². The van der Waals surface area contributed by atoms with Crippen LogP contribution in [0.3, 0.4) is 0 Å². The van der Waals surface area contributed by atoms with Gasteiger partial charge in [0.15, 0.2) is 0 Å². The zero-order valence-corrected chi connectivity index (χ0v) is 10.8. The van der Waals surface area contributed by atoms with Crippen LogP contribution in [0.5, 0.6) is 0 Å². The lowest BCUT2D eigenvalue weighted by Gasteiger charge is -2.12. The Bertz CT molecular complexity index is 528. The largest absolute Gasteiger partial charge is 0.459 e. The summed E-state index contributed by atoms with van der Waals surface area (Å²) in [5, 5.41) is 1.68. The van der Waals surface area contributed by atoms with Crippen molar-refractivity contribution in [2.75, 3.05) is 18.8 Å². The summed E-state index contributed by atoms with van der Waals surface area (Å²) in [6, 6.07) is 0. The molecule has 1 atom stereocenters. The molecule has 1 heterocycles. The van der Waals surface area contributed by atoms with E-state index in [1.54, 1.807) is 5.32 Å². The number of halogens is 3. The molecular formula is C9H11F3N2O5S. The molecule has 20 heavy (non-hydrogen) atoms. The molecule has 7 nitrogen and oxygen atoms in total. The lowest BCUT2D eigenvalue weighted by Crippen LogP contribution is -2.37. The summed E-state index contributed by atoms with van der Waals surface area (Å²) in [6.45, 7) is 1.62. The fourth-order valence-corrected chi connectivity index (χ4v) is 2.51. The van der Waals surface area contributed by atoms with Gasteiger partial charge in [0.1, 0.15) is 24.0 Å². The third-order valence-electron chi connectivity index (χ3n) is 2.24. The molecule has 0 aromatic rings. The first kappa shape index (κ1) is 16.4. The molecule has 0 saturated carbocycles. The van der Waals surface area contributed by atoms with Crippen LogP contribution in [0.4, 0.5) is 13.2 Å². The molecule has 1 amide bonds. The van der Waals surface area contributed by atoms with E-state index in [1.807, 2.05) is 0 Å². The monoisotopic (exact) mass is 316 g/mol. The minimum atomic E-state index is -4.89. The molecule has 11 heteroatoms. The fraction of sp³-hybridized carbons (Fsp3) is 0.556. The Balaban J connectivity index is 2.38. The van der Waals surface area contributed by atoms with Crippen LogP contribution in [0, 0.1) is 0 Å². The van der Waals surface area contributed by atoms with Gasteiger partial charge in [-0.25, -0.2) is 13.1 Å². The third kappa shape index (κ3) is 4.81. The van der Waals surface area contributed by atoms with E-state index in [-0.39, 0.29) is 6.54 Å². The summed E-state index contributed by atoms with van der Waals surface area (Å²) in [6.07, 6.45) is -5.83. The predicted octanol–water partition coefficient (Wildman–Crippen LogP) is -0.934. The van der Waals surface area contributed by atoms with Gasteiger partial charge in [0.2, 0.25) is 10.0 Å². The molecule has 0 aromatic carbocycles. The van der Waals surface area contributed by atoms with Crippen molar-refractivity contribution in [2.45, 2.75) is 12.3 Å². The number of esters is 1. The number of carbonyl (C=O) groups is 2. The number of alkyl halides is 3. The predicted molar refractivity (Wildman–Crippen MR) is 59.9 cm³/mol. The van der Waals surface area contributed by atoms with Crippen LogP contribution in [-0.2, 0) is 24.3 Å². The second kappa shape index (κ2) is 5.79. The molecule has 2 N–H and O–H groups in total. The van der Waals surface area contributed by atoms with Crippen LogP contribution < -0.4 is 10.0 Å². The van der Waals surface area contributed by atoms with Gasteiger partial charge in [-0.1, -0.05) is 6.58 Å². The maximum atomic E-state index is 12.1. The summed E-state index contributed by atoms with van der Waals surface area (Å²) in [4.78, 5) is 22.2. The zero-order chi connectivity index (χ0) is 15.6. The summed E-state index contributed by atoms with van der Waals surface area (Å²) in [7, 11) is -3.48. The lowest BCUT2D eigenvalue weighted by molar-refractivity contribution is -0.148. The average Bonchev–Trinajstić information content (AvgIpc) is 2.63. The molecular weight excluding hydrogens is 305 g/mol. The summed E-state index contributed by atoms with van der Waals surface area (Å²) in [5.41, 5.74) is -1.64. The number of nitrogens with one attached hydrogen (secondary N) is 2. The van der Waals surface area contributed by atoms with Crippen molar-refractivity contribution >= 4 is 21.9 Å². The van der Waals surface area contributed by atoms with Crippen LogP contribution in [0.2, 0.25) is 0 Å². The fourth-order valence-electron chi connectivity index (χ4n) is 1.27. The van der Waals surface area contributed by atoms with E-state index in [0.29, 0.717) is 0 Å². The number of ether oxygens (including phenoxy) is 1. The Morgan fingerprint density at radius 2 is 2.00 bits per heavy atom. The van der Waals surface area contributed by atoms with Crippen LogP contribution in [-0.4, -0.2) is 51.4 Å². The number of sulfonamides is 1. The van der Waals surface area contributed by atoms with E-state index in [4.69, 9.17) is 0 Å². The number of rotatable bonds is 4. The summed E-state index contributed by atoms with van der Waals surface area (Å²) in [5.74, 6) is -3.02. The molecule has 1 aliphatic rings. The van der Waals surface area contributed by atoms with Crippen molar-refractivity contribution < 1.29 is 35.9 Å². The Morgan fingerprint density at radius 3 is 2.45 bits per heavy atom. The number of hydrogen-bond acceptors (Lipinski definition) is 5. The van der Waals surface area contributed by atoms with Crippen molar-refractivity contribution in [1.29, 1.82) is 0 Å². The van der Waals surface area contributed by atoms with Gasteiger partial charge < -0.3 is 10.1 Å². The van der Waals surface area contributed by atoms with Gasteiger partial charge in [-0.15, -0.1) is 0 Å². The Hall–Kier alpha value is -1.62. The van der Waals surface area contributed by atoms with Gasteiger partial charge in [0.25, 0.3) is 5.91 Å². The van der Waals surface area contributed by atoms with Gasteiger partial charge in [0, 0.05) is 6.54 Å². The number of carbonyl (C=O) groups excluding carboxylic acids is 2. The third-order valence-corrected chi connectivity index (χ3v) is 3.66. The minimum Gasteiger partial charge on any atom is -0.459 e. The number of amides is 1. The molecule has 1 aliphatic heterocycles. The quantitative estimate of drug-likeness (QED) is 0.515. The van der Waals surface area contributed by atoms with E-state index in [9.17, 15) is 31.2 Å². The highest BCUT2D eigenvalue weighted by Crippen LogP contribution is 2.23. The number of hydrogen-bond donors (Lipinski definition) is 2. The summed E-state index contributed by atoms with van der Waals surface area (Å²) >= 11 is 0. The Morgan fingerprint density at radius 1 is 1.40 bits per heavy atom. The van der Waals surface area contributed by atoms with Gasteiger partial charge in [-0.2, -0.15) is 13.2 Å². The molecule has 0 bridgehead atoms. The normalized spacial score (nSPS) is 21.2. The van der Waals surface area contributed by atoms with Crippen molar-refractivity contribution in [1.82, 2.24) is 10.0 Å². The second-order valence-corrected chi connectivity index (χ2v) is 5.75. The van der Waals surface area contributed by atoms with Crippen LogP contribution in [0.25, 0.3) is 0 Å². The Kier molecular flexibility index (Phi) is 4.76. The molecule has 1 fully saturated rings. The zero-order valence-electron chi connectivity index (χ0n) is 9.99. The van der Waals surface area contributed by atoms with E-state index in [2.05, 4.69) is 16.0 Å². The van der Waals surface area contributed by atoms with E-state index >= 15 is 0 Å². The molecule has 1 unspecified atom stereocenters. The minimum absolute atomic E-state index is 0.114. The first-order valence-electron chi connectivity index (χ1n) is 5.22. The first-order chi connectivity index (χ1) is 9.01. The molecule has 0 spiro atoms.